The highest BCUT2D eigenvalue weighted by molar-refractivity contribution is 6.05. The van der Waals surface area contributed by atoms with Crippen LogP contribution >= 0.6 is 0 Å². The molecule has 2 N–H and O–H groups in total. The molecule has 1 heterocycles. The molecule has 0 radical (unpaired) electrons. The normalized spacial score (nSPS) is 10.5. The van der Waals surface area contributed by atoms with Gasteiger partial charge >= 0.3 is 5.76 Å². The van der Waals surface area contributed by atoms with Gasteiger partial charge in [0.05, 0.1) is 19.8 Å². The summed E-state index contributed by atoms with van der Waals surface area (Å²) < 4.78 is 21.5. The summed E-state index contributed by atoms with van der Waals surface area (Å²) >= 11 is 0. The Morgan fingerprint density at radius 3 is 2.27 bits per heavy atom. The van der Waals surface area contributed by atoms with Crippen molar-refractivity contribution in [3.63, 3.8) is 0 Å². The Morgan fingerprint density at radius 1 is 1.03 bits per heavy atom. The summed E-state index contributed by atoms with van der Waals surface area (Å²) in [6.45, 7) is 6.82. The van der Waals surface area contributed by atoms with E-state index in [1.165, 1.54) is 0 Å². The smallest absolute Gasteiger partial charge is 0.439 e. The van der Waals surface area contributed by atoms with Crippen LogP contribution in [0.1, 0.15) is 31.1 Å². The molecule has 0 saturated carbocycles. The molecule has 1 amide bonds. The number of aromatic nitrogens is 2. The van der Waals surface area contributed by atoms with Crippen molar-refractivity contribution in [3.05, 3.63) is 52.5 Å². The third-order valence-electron chi connectivity index (χ3n) is 4.01. The van der Waals surface area contributed by atoms with Crippen LogP contribution in [0.3, 0.4) is 0 Å². The first-order valence-electron chi connectivity index (χ1n) is 9.59. The zero-order valence-corrected chi connectivity index (χ0v) is 17.0. The molecule has 3 rings (SSSR count). The van der Waals surface area contributed by atoms with Gasteiger partial charge in [-0.1, -0.05) is 17.3 Å². The Labute approximate surface area is 172 Å². The fourth-order valence-electron chi connectivity index (χ4n) is 2.82. The maximum absolute atomic E-state index is 12.9. The third kappa shape index (κ3) is 4.80. The predicted octanol–water partition coefficient (Wildman–Crippen LogP) is 3.48. The number of aromatic amines is 1. The zero-order valence-electron chi connectivity index (χ0n) is 17.0. The molecular formula is C21H23N3O6. The average Bonchev–Trinajstić information content (AvgIpc) is 3.17. The number of hydrogen-bond donors (Lipinski definition) is 2. The van der Waals surface area contributed by atoms with Crippen LogP contribution in [0.15, 0.2) is 45.7 Å². The summed E-state index contributed by atoms with van der Waals surface area (Å²) in [5.74, 6) is 0.601. The second-order valence-electron chi connectivity index (χ2n) is 6.08. The highest BCUT2D eigenvalue weighted by Gasteiger charge is 2.18. The van der Waals surface area contributed by atoms with Crippen LogP contribution in [0.4, 0.5) is 5.69 Å². The number of hydrogen-bond acceptors (Lipinski definition) is 7. The van der Waals surface area contributed by atoms with Crippen LogP contribution in [0.25, 0.3) is 11.4 Å². The molecular weight excluding hydrogens is 390 g/mol. The number of H-pyrrole nitrogens is 1. The summed E-state index contributed by atoms with van der Waals surface area (Å²) in [4.78, 5) is 26.5. The van der Waals surface area contributed by atoms with Crippen molar-refractivity contribution in [1.82, 2.24) is 10.1 Å². The Morgan fingerprint density at radius 2 is 1.70 bits per heavy atom. The first-order chi connectivity index (χ1) is 14.5. The van der Waals surface area contributed by atoms with Crippen LogP contribution in [0, 0.1) is 0 Å². The molecule has 0 aliphatic rings. The molecule has 0 aliphatic carbocycles. The monoisotopic (exact) mass is 413 g/mol. The Hall–Kier alpha value is -3.75. The van der Waals surface area contributed by atoms with E-state index in [9.17, 15) is 9.59 Å². The average molecular weight is 413 g/mol. The second kappa shape index (κ2) is 9.64. The standard InChI is InChI=1S/C21H23N3O6/c1-4-27-16-11-14(12-17(28-5-2)18(16)29-6-3)20(25)22-15-9-7-8-13(10-15)19-23-21(26)30-24-19/h7-12H,4-6H2,1-3H3,(H,22,25)(H,23,24,26). The molecule has 0 spiro atoms. The number of carbonyl (C=O) groups excluding carboxylic acids is 1. The minimum absolute atomic E-state index is 0.273. The number of nitrogens with zero attached hydrogens (tertiary/aromatic N) is 1. The van der Waals surface area contributed by atoms with Gasteiger partial charge in [0.25, 0.3) is 5.91 Å². The number of benzene rings is 2. The molecule has 2 aromatic carbocycles. The van der Waals surface area contributed by atoms with E-state index in [0.29, 0.717) is 53.9 Å². The van der Waals surface area contributed by atoms with Gasteiger partial charge in [-0.2, -0.15) is 0 Å². The quantitative estimate of drug-likeness (QED) is 0.552. The summed E-state index contributed by atoms with van der Waals surface area (Å²) in [7, 11) is 0. The topological polar surface area (TPSA) is 116 Å². The van der Waals surface area contributed by atoms with E-state index in [-0.39, 0.29) is 11.7 Å². The molecule has 158 valence electrons. The van der Waals surface area contributed by atoms with Crippen LogP contribution in [-0.4, -0.2) is 35.9 Å². The van der Waals surface area contributed by atoms with Crippen LogP contribution in [0.2, 0.25) is 0 Å². The van der Waals surface area contributed by atoms with E-state index in [2.05, 4.69) is 20.0 Å². The van der Waals surface area contributed by atoms with E-state index >= 15 is 0 Å². The van der Waals surface area contributed by atoms with Gasteiger partial charge in [0, 0.05) is 16.8 Å². The highest BCUT2D eigenvalue weighted by Crippen LogP contribution is 2.39. The number of ether oxygens (including phenoxy) is 3. The zero-order chi connectivity index (χ0) is 21.5. The molecule has 0 aliphatic heterocycles. The predicted molar refractivity (Wildman–Crippen MR) is 110 cm³/mol. The maximum Gasteiger partial charge on any atom is 0.439 e. The summed E-state index contributed by atoms with van der Waals surface area (Å²) in [6.07, 6.45) is 0. The fourth-order valence-corrected chi connectivity index (χ4v) is 2.82. The molecule has 0 saturated heterocycles. The maximum atomic E-state index is 12.9. The number of nitrogens with one attached hydrogen (secondary N) is 2. The minimum atomic E-state index is -0.652. The lowest BCUT2D eigenvalue weighted by Gasteiger charge is -2.17. The van der Waals surface area contributed by atoms with Gasteiger partial charge in [-0.25, -0.2) is 4.79 Å². The van der Waals surface area contributed by atoms with Crippen molar-refractivity contribution in [2.45, 2.75) is 20.8 Å². The van der Waals surface area contributed by atoms with Gasteiger partial charge in [-0.3, -0.25) is 14.3 Å². The lowest BCUT2D eigenvalue weighted by Crippen LogP contribution is -2.13. The van der Waals surface area contributed by atoms with Gasteiger partial charge in [0.2, 0.25) is 5.75 Å². The van der Waals surface area contributed by atoms with Gasteiger partial charge in [-0.15, -0.1) is 0 Å². The van der Waals surface area contributed by atoms with Gasteiger partial charge < -0.3 is 19.5 Å². The first kappa shape index (κ1) is 21.0. The highest BCUT2D eigenvalue weighted by atomic mass is 16.5. The molecule has 0 fully saturated rings. The van der Waals surface area contributed by atoms with E-state index in [4.69, 9.17) is 14.2 Å². The van der Waals surface area contributed by atoms with Crippen molar-refractivity contribution in [2.24, 2.45) is 0 Å². The van der Waals surface area contributed by atoms with Crippen molar-refractivity contribution in [2.75, 3.05) is 25.1 Å². The first-order valence-corrected chi connectivity index (χ1v) is 9.59. The van der Waals surface area contributed by atoms with E-state index in [1.807, 2.05) is 20.8 Å². The van der Waals surface area contributed by atoms with E-state index in [1.54, 1.807) is 36.4 Å². The SMILES string of the molecule is CCOc1cc(C(=O)Nc2cccc(-c3noc(=O)[nH]3)c2)cc(OCC)c1OCC. The van der Waals surface area contributed by atoms with Crippen LogP contribution in [-0.2, 0) is 0 Å². The molecule has 1 aromatic heterocycles. The van der Waals surface area contributed by atoms with Crippen LogP contribution in [0.5, 0.6) is 17.2 Å². The summed E-state index contributed by atoms with van der Waals surface area (Å²) in [6, 6.07) is 10.1. The second-order valence-corrected chi connectivity index (χ2v) is 6.08. The summed E-state index contributed by atoms with van der Waals surface area (Å²) in [5, 5.41) is 6.48. The molecule has 9 nitrogen and oxygen atoms in total. The number of anilines is 1. The molecule has 0 unspecified atom stereocenters. The van der Waals surface area contributed by atoms with Crippen molar-refractivity contribution in [3.8, 4) is 28.6 Å². The Balaban J connectivity index is 1.90. The lowest BCUT2D eigenvalue weighted by molar-refractivity contribution is 0.102. The number of amides is 1. The molecule has 3 aromatic rings. The van der Waals surface area contributed by atoms with E-state index in [0.717, 1.165) is 0 Å². The van der Waals surface area contributed by atoms with Crippen molar-refractivity contribution >= 4 is 11.6 Å². The van der Waals surface area contributed by atoms with E-state index < -0.39 is 5.76 Å². The van der Waals surface area contributed by atoms with Gasteiger partial charge in [0.15, 0.2) is 17.3 Å². The largest absolute Gasteiger partial charge is 0.490 e. The molecule has 9 heteroatoms. The number of carbonyl (C=O) groups is 1. The van der Waals surface area contributed by atoms with Crippen molar-refractivity contribution in [1.29, 1.82) is 0 Å². The Kier molecular flexibility index (Phi) is 6.74. The minimum Gasteiger partial charge on any atom is -0.490 e. The summed E-state index contributed by atoms with van der Waals surface area (Å²) in [5.41, 5.74) is 1.46. The van der Waals surface area contributed by atoms with Crippen molar-refractivity contribution < 1.29 is 23.5 Å². The molecule has 0 atom stereocenters. The molecule has 30 heavy (non-hydrogen) atoms. The number of rotatable bonds is 9. The Bertz CT molecular complexity index is 1050. The van der Waals surface area contributed by atoms with Gasteiger partial charge in [0.1, 0.15) is 0 Å². The van der Waals surface area contributed by atoms with Gasteiger partial charge in [-0.05, 0) is 45.0 Å². The third-order valence-corrected chi connectivity index (χ3v) is 4.01. The van der Waals surface area contributed by atoms with Crippen LogP contribution < -0.4 is 25.3 Å². The lowest BCUT2D eigenvalue weighted by atomic mass is 10.1. The fraction of sp³-hybridized carbons (Fsp3) is 0.286. The molecule has 0 bridgehead atoms.